The average Bonchev–Trinajstić information content (AvgIpc) is 2.59. The molecule has 0 unspecified atom stereocenters. The highest BCUT2D eigenvalue weighted by Crippen LogP contribution is 2.19. The van der Waals surface area contributed by atoms with Crippen molar-refractivity contribution in [2.75, 3.05) is 12.0 Å². The molecule has 78 valence electrons. The second kappa shape index (κ2) is 3.98. The number of aromatic nitrogens is 2. The van der Waals surface area contributed by atoms with Crippen LogP contribution in [0.5, 0.6) is 0 Å². The third-order valence-electron chi connectivity index (χ3n) is 2.25. The molecular weight excluding hydrogens is 206 g/mol. The maximum Gasteiger partial charge on any atom is 0.0827 e. The molecule has 1 aromatic heterocycles. The molecule has 2 N–H and O–H groups in total. The lowest BCUT2D eigenvalue weighted by Gasteiger charge is -2.02. The number of benzene rings is 1. The Morgan fingerprint density at radius 3 is 2.80 bits per heavy atom. The Kier molecular flexibility index (Phi) is 2.68. The maximum absolute atomic E-state index is 5.76. The zero-order valence-corrected chi connectivity index (χ0v) is 9.58. The third-order valence-corrected chi connectivity index (χ3v) is 2.98. The first-order valence-corrected chi connectivity index (χ1v) is 5.89. The van der Waals surface area contributed by atoms with Gasteiger partial charge in [0, 0.05) is 4.90 Å². The summed E-state index contributed by atoms with van der Waals surface area (Å²) in [6.45, 7) is 1.91. The lowest BCUT2D eigenvalue weighted by molar-refractivity contribution is 0.860. The summed E-state index contributed by atoms with van der Waals surface area (Å²) >= 11 is 1.72. The number of rotatable bonds is 2. The third kappa shape index (κ3) is 1.99. The number of anilines is 1. The minimum absolute atomic E-state index is 0.726. The smallest absolute Gasteiger partial charge is 0.0827 e. The van der Waals surface area contributed by atoms with Crippen LogP contribution in [0.2, 0.25) is 0 Å². The molecule has 0 aliphatic rings. The Hall–Kier alpha value is -1.42. The summed E-state index contributed by atoms with van der Waals surface area (Å²) in [6, 6.07) is 8.21. The lowest BCUT2D eigenvalue weighted by atomic mass is 10.3. The highest BCUT2D eigenvalue weighted by Gasteiger charge is 2.03. The van der Waals surface area contributed by atoms with Gasteiger partial charge in [0.05, 0.1) is 23.3 Å². The number of nitrogens with zero attached hydrogens (tertiary/aromatic N) is 2. The molecule has 2 rings (SSSR count). The number of hydrogen-bond acceptors (Lipinski definition) is 3. The van der Waals surface area contributed by atoms with Gasteiger partial charge >= 0.3 is 0 Å². The van der Waals surface area contributed by atoms with E-state index < -0.39 is 0 Å². The first-order chi connectivity index (χ1) is 7.20. The van der Waals surface area contributed by atoms with E-state index >= 15 is 0 Å². The van der Waals surface area contributed by atoms with E-state index in [1.54, 1.807) is 11.8 Å². The lowest BCUT2D eigenvalue weighted by Crippen LogP contribution is -1.94. The summed E-state index contributed by atoms with van der Waals surface area (Å²) in [7, 11) is 0. The minimum Gasteiger partial charge on any atom is -0.396 e. The van der Waals surface area contributed by atoms with E-state index in [-0.39, 0.29) is 0 Å². The van der Waals surface area contributed by atoms with Crippen molar-refractivity contribution in [1.29, 1.82) is 0 Å². The Labute approximate surface area is 93.3 Å². The van der Waals surface area contributed by atoms with Gasteiger partial charge in [-0.15, -0.1) is 11.8 Å². The van der Waals surface area contributed by atoms with Crippen LogP contribution in [0.25, 0.3) is 5.69 Å². The summed E-state index contributed by atoms with van der Waals surface area (Å²) < 4.78 is 1.81. The Balaban J connectivity index is 2.44. The molecule has 0 aliphatic heterocycles. The van der Waals surface area contributed by atoms with E-state index in [0.29, 0.717) is 0 Å². The predicted octanol–water partition coefficient (Wildman–Crippen LogP) is 2.48. The monoisotopic (exact) mass is 219 g/mol. The van der Waals surface area contributed by atoms with Crippen LogP contribution in [-0.4, -0.2) is 16.0 Å². The van der Waals surface area contributed by atoms with Gasteiger partial charge in [0.2, 0.25) is 0 Å². The minimum atomic E-state index is 0.726. The first kappa shape index (κ1) is 10.1. The first-order valence-electron chi connectivity index (χ1n) is 4.67. The fourth-order valence-corrected chi connectivity index (χ4v) is 1.81. The van der Waals surface area contributed by atoms with Crippen molar-refractivity contribution >= 4 is 17.4 Å². The molecule has 4 heteroatoms. The molecule has 1 aromatic carbocycles. The van der Waals surface area contributed by atoms with Crippen molar-refractivity contribution in [3.8, 4) is 5.69 Å². The Bertz CT molecular complexity index is 457. The summed E-state index contributed by atoms with van der Waals surface area (Å²) in [4.78, 5) is 1.22. The number of nitrogens with two attached hydrogens (primary N) is 1. The van der Waals surface area contributed by atoms with Gasteiger partial charge in [-0.2, -0.15) is 5.10 Å². The summed E-state index contributed by atoms with van der Waals surface area (Å²) in [6.07, 6.45) is 3.90. The largest absolute Gasteiger partial charge is 0.396 e. The molecule has 15 heavy (non-hydrogen) atoms. The Morgan fingerprint density at radius 2 is 2.20 bits per heavy atom. The standard InChI is InChI=1S/C11H13N3S/c1-8-11(12)7-14(13-8)9-4-3-5-10(6-9)15-2/h3-7H,12H2,1-2H3. The molecule has 3 nitrogen and oxygen atoms in total. The van der Waals surface area contributed by atoms with E-state index in [4.69, 9.17) is 5.73 Å². The summed E-state index contributed by atoms with van der Waals surface area (Å²) in [5, 5.41) is 4.34. The number of nitrogen functional groups attached to an aromatic ring is 1. The number of thioether (sulfide) groups is 1. The molecule has 0 bridgehead atoms. The van der Waals surface area contributed by atoms with Crippen LogP contribution in [0.1, 0.15) is 5.69 Å². The molecule has 0 saturated heterocycles. The van der Waals surface area contributed by atoms with E-state index in [0.717, 1.165) is 17.1 Å². The molecule has 0 atom stereocenters. The van der Waals surface area contributed by atoms with Gasteiger partial charge in [-0.05, 0) is 31.4 Å². The average molecular weight is 219 g/mol. The summed E-state index contributed by atoms with van der Waals surface area (Å²) in [5.41, 5.74) is 8.39. The Morgan fingerprint density at radius 1 is 1.40 bits per heavy atom. The van der Waals surface area contributed by atoms with Crippen LogP contribution in [0.3, 0.4) is 0 Å². The fourth-order valence-electron chi connectivity index (χ4n) is 1.36. The molecule has 2 aromatic rings. The molecule has 0 amide bonds. The van der Waals surface area contributed by atoms with E-state index in [9.17, 15) is 0 Å². The molecule has 1 heterocycles. The number of hydrogen-bond donors (Lipinski definition) is 1. The maximum atomic E-state index is 5.76. The number of aryl methyl sites for hydroxylation is 1. The SMILES string of the molecule is CSc1cccc(-n2cc(N)c(C)n2)c1. The molecular formula is C11H13N3S. The van der Waals surface area contributed by atoms with Crippen molar-refractivity contribution in [2.45, 2.75) is 11.8 Å². The van der Waals surface area contributed by atoms with Crippen LogP contribution in [0, 0.1) is 6.92 Å². The van der Waals surface area contributed by atoms with Crippen LogP contribution in [0.4, 0.5) is 5.69 Å². The van der Waals surface area contributed by atoms with Crippen LogP contribution in [-0.2, 0) is 0 Å². The second-order valence-corrected chi connectivity index (χ2v) is 4.20. The molecule has 0 spiro atoms. The quantitative estimate of drug-likeness (QED) is 0.789. The van der Waals surface area contributed by atoms with Crippen molar-refractivity contribution < 1.29 is 0 Å². The predicted molar refractivity (Wildman–Crippen MR) is 64.5 cm³/mol. The van der Waals surface area contributed by atoms with E-state index in [1.807, 2.05) is 29.9 Å². The van der Waals surface area contributed by atoms with Crippen LogP contribution >= 0.6 is 11.8 Å². The molecule has 0 aliphatic carbocycles. The zero-order valence-electron chi connectivity index (χ0n) is 8.77. The highest BCUT2D eigenvalue weighted by molar-refractivity contribution is 7.98. The van der Waals surface area contributed by atoms with Gasteiger partial charge in [-0.25, -0.2) is 4.68 Å². The molecule has 0 saturated carbocycles. The van der Waals surface area contributed by atoms with Gasteiger partial charge < -0.3 is 5.73 Å². The van der Waals surface area contributed by atoms with Crippen LogP contribution < -0.4 is 5.73 Å². The van der Waals surface area contributed by atoms with Gasteiger partial charge in [0.25, 0.3) is 0 Å². The fraction of sp³-hybridized carbons (Fsp3) is 0.182. The molecule has 0 radical (unpaired) electrons. The van der Waals surface area contributed by atoms with Crippen LogP contribution in [0.15, 0.2) is 35.4 Å². The topological polar surface area (TPSA) is 43.8 Å². The molecule has 0 fully saturated rings. The highest BCUT2D eigenvalue weighted by atomic mass is 32.2. The zero-order chi connectivity index (χ0) is 10.8. The van der Waals surface area contributed by atoms with Crippen molar-refractivity contribution in [3.63, 3.8) is 0 Å². The normalized spacial score (nSPS) is 10.5. The van der Waals surface area contributed by atoms with E-state index in [2.05, 4.69) is 23.5 Å². The summed E-state index contributed by atoms with van der Waals surface area (Å²) in [5.74, 6) is 0. The van der Waals surface area contributed by atoms with Gasteiger partial charge in [-0.3, -0.25) is 0 Å². The van der Waals surface area contributed by atoms with Gasteiger partial charge in [0.1, 0.15) is 0 Å². The second-order valence-electron chi connectivity index (χ2n) is 3.32. The van der Waals surface area contributed by atoms with Gasteiger partial charge in [0.15, 0.2) is 0 Å². The van der Waals surface area contributed by atoms with E-state index in [1.165, 1.54) is 4.90 Å². The van der Waals surface area contributed by atoms with Crippen molar-refractivity contribution in [3.05, 3.63) is 36.2 Å². The van der Waals surface area contributed by atoms with Gasteiger partial charge in [-0.1, -0.05) is 6.07 Å². The van der Waals surface area contributed by atoms with Crippen molar-refractivity contribution in [2.24, 2.45) is 0 Å². The van der Waals surface area contributed by atoms with Crippen molar-refractivity contribution in [1.82, 2.24) is 9.78 Å².